The van der Waals surface area contributed by atoms with Gasteiger partial charge in [-0.05, 0) is 18.9 Å². The van der Waals surface area contributed by atoms with Gasteiger partial charge in [0.25, 0.3) is 0 Å². The van der Waals surface area contributed by atoms with Crippen LogP contribution in [0, 0.1) is 0 Å². The van der Waals surface area contributed by atoms with Crippen LogP contribution in [-0.2, 0) is 15.6 Å². The van der Waals surface area contributed by atoms with Crippen molar-refractivity contribution in [3.63, 3.8) is 0 Å². The third kappa shape index (κ3) is 2.97. The summed E-state index contributed by atoms with van der Waals surface area (Å²) in [6.45, 7) is 0. The Hall–Kier alpha value is -0.440. The molecule has 1 aliphatic rings. The standard InChI is InChI=1S/C8H12O2S/c1-11(10)5-4-7-2-3-8(9)6-7/h6H,2-5H2,1H3. The molecule has 0 spiro atoms. The lowest BCUT2D eigenvalue weighted by molar-refractivity contribution is -0.114. The van der Waals surface area contributed by atoms with Gasteiger partial charge in [-0.25, -0.2) is 0 Å². The van der Waals surface area contributed by atoms with E-state index in [4.69, 9.17) is 0 Å². The molecule has 3 heteroatoms. The van der Waals surface area contributed by atoms with Crippen molar-refractivity contribution in [3.05, 3.63) is 11.6 Å². The molecule has 0 radical (unpaired) electrons. The number of allylic oxidation sites excluding steroid dienone is 2. The maximum Gasteiger partial charge on any atom is 0.155 e. The van der Waals surface area contributed by atoms with Gasteiger partial charge in [0.1, 0.15) is 0 Å². The normalized spacial score (nSPS) is 20.1. The van der Waals surface area contributed by atoms with Crippen molar-refractivity contribution < 1.29 is 9.00 Å². The van der Waals surface area contributed by atoms with Crippen molar-refractivity contribution >= 4 is 16.6 Å². The molecule has 1 unspecified atom stereocenters. The highest BCUT2D eigenvalue weighted by Crippen LogP contribution is 2.17. The van der Waals surface area contributed by atoms with Crippen LogP contribution in [0.25, 0.3) is 0 Å². The number of hydrogen-bond donors (Lipinski definition) is 0. The molecule has 0 amide bonds. The maximum atomic E-state index is 10.7. The van der Waals surface area contributed by atoms with Gasteiger partial charge < -0.3 is 0 Å². The van der Waals surface area contributed by atoms with E-state index in [9.17, 15) is 9.00 Å². The van der Waals surface area contributed by atoms with Gasteiger partial charge in [0, 0.05) is 29.2 Å². The zero-order valence-corrected chi connectivity index (χ0v) is 7.45. The quantitative estimate of drug-likeness (QED) is 0.637. The lowest BCUT2D eigenvalue weighted by Crippen LogP contribution is -1.94. The van der Waals surface area contributed by atoms with Crippen LogP contribution in [0.2, 0.25) is 0 Å². The molecule has 2 nitrogen and oxygen atoms in total. The van der Waals surface area contributed by atoms with Gasteiger partial charge in [-0.3, -0.25) is 9.00 Å². The van der Waals surface area contributed by atoms with Crippen molar-refractivity contribution in [3.8, 4) is 0 Å². The fourth-order valence-electron chi connectivity index (χ4n) is 1.13. The summed E-state index contributed by atoms with van der Waals surface area (Å²) in [4.78, 5) is 10.7. The average molecular weight is 172 g/mol. The SMILES string of the molecule is CS(=O)CCC1=CC(=O)CC1. The van der Waals surface area contributed by atoms with Crippen LogP contribution < -0.4 is 0 Å². The van der Waals surface area contributed by atoms with Gasteiger partial charge in [0.15, 0.2) is 5.78 Å². The third-order valence-electron chi connectivity index (χ3n) is 1.77. The summed E-state index contributed by atoms with van der Waals surface area (Å²) in [5, 5.41) is 0. The van der Waals surface area contributed by atoms with Crippen LogP contribution in [0.5, 0.6) is 0 Å². The number of carbonyl (C=O) groups excluding carboxylic acids is 1. The highest BCUT2D eigenvalue weighted by atomic mass is 32.2. The van der Waals surface area contributed by atoms with Crippen LogP contribution in [0.1, 0.15) is 19.3 Å². The first-order valence-corrected chi connectivity index (χ1v) is 5.43. The molecule has 11 heavy (non-hydrogen) atoms. The van der Waals surface area contributed by atoms with E-state index in [2.05, 4.69) is 0 Å². The smallest absolute Gasteiger partial charge is 0.155 e. The van der Waals surface area contributed by atoms with Gasteiger partial charge >= 0.3 is 0 Å². The lowest BCUT2D eigenvalue weighted by atomic mass is 10.2. The second-order valence-corrected chi connectivity index (χ2v) is 4.35. The van der Waals surface area contributed by atoms with Gasteiger partial charge in [-0.15, -0.1) is 0 Å². The highest BCUT2D eigenvalue weighted by molar-refractivity contribution is 7.84. The van der Waals surface area contributed by atoms with Crippen LogP contribution >= 0.6 is 0 Å². The van der Waals surface area contributed by atoms with E-state index in [0.29, 0.717) is 12.2 Å². The first-order chi connectivity index (χ1) is 5.18. The Bertz CT molecular complexity index is 218. The van der Waals surface area contributed by atoms with Gasteiger partial charge in [-0.2, -0.15) is 0 Å². The average Bonchev–Trinajstić information content (AvgIpc) is 2.31. The van der Waals surface area contributed by atoms with E-state index in [1.54, 1.807) is 12.3 Å². The molecule has 0 saturated carbocycles. The molecule has 0 bridgehead atoms. The number of carbonyl (C=O) groups is 1. The zero-order valence-electron chi connectivity index (χ0n) is 6.63. The molecule has 0 saturated heterocycles. The van der Waals surface area contributed by atoms with E-state index >= 15 is 0 Å². The Labute approximate surface area is 69.1 Å². The Kier molecular flexibility index (Phi) is 3.00. The topological polar surface area (TPSA) is 34.1 Å². The largest absolute Gasteiger partial charge is 0.295 e. The molecule has 0 aromatic rings. The molecule has 0 aliphatic heterocycles. The molecule has 0 N–H and O–H groups in total. The van der Waals surface area contributed by atoms with Crippen molar-refractivity contribution in [2.24, 2.45) is 0 Å². The first-order valence-electron chi connectivity index (χ1n) is 3.71. The minimum absolute atomic E-state index is 0.224. The summed E-state index contributed by atoms with van der Waals surface area (Å²) in [7, 11) is -0.725. The summed E-state index contributed by atoms with van der Waals surface area (Å²) in [6.07, 6.45) is 5.76. The van der Waals surface area contributed by atoms with E-state index in [1.807, 2.05) is 0 Å². The van der Waals surface area contributed by atoms with E-state index in [0.717, 1.165) is 12.8 Å². The minimum Gasteiger partial charge on any atom is -0.295 e. The molecule has 0 fully saturated rings. The number of ketones is 1. The molecule has 0 aromatic carbocycles. The van der Waals surface area contributed by atoms with Crippen LogP contribution in [0.15, 0.2) is 11.6 Å². The molecule has 1 rings (SSSR count). The fourth-order valence-corrected chi connectivity index (χ4v) is 1.68. The van der Waals surface area contributed by atoms with E-state index in [-0.39, 0.29) is 5.78 Å². The molecule has 1 atom stereocenters. The Balaban J connectivity index is 2.33. The monoisotopic (exact) mass is 172 g/mol. The molecule has 62 valence electrons. The second kappa shape index (κ2) is 3.81. The summed E-state index contributed by atoms with van der Waals surface area (Å²) in [6, 6.07) is 0. The molecular weight excluding hydrogens is 160 g/mol. The lowest BCUT2D eigenvalue weighted by Gasteiger charge is -1.96. The summed E-state index contributed by atoms with van der Waals surface area (Å²) < 4.78 is 10.7. The van der Waals surface area contributed by atoms with Crippen molar-refractivity contribution in [2.45, 2.75) is 19.3 Å². The highest BCUT2D eigenvalue weighted by Gasteiger charge is 2.11. The molecule has 1 aliphatic carbocycles. The molecular formula is C8H12O2S. The van der Waals surface area contributed by atoms with Gasteiger partial charge in [0.2, 0.25) is 0 Å². The van der Waals surface area contributed by atoms with E-state index < -0.39 is 10.8 Å². The first kappa shape index (κ1) is 8.65. The van der Waals surface area contributed by atoms with Crippen LogP contribution in [0.4, 0.5) is 0 Å². The van der Waals surface area contributed by atoms with Crippen molar-refractivity contribution in [1.29, 1.82) is 0 Å². The minimum atomic E-state index is -0.725. The Morgan fingerprint density at radius 2 is 2.27 bits per heavy atom. The van der Waals surface area contributed by atoms with Gasteiger partial charge in [0.05, 0.1) is 0 Å². The van der Waals surface area contributed by atoms with Crippen LogP contribution in [0.3, 0.4) is 0 Å². The number of rotatable bonds is 3. The predicted molar refractivity (Wildman–Crippen MR) is 45.9 cm³/mol. The molecule has 0 heterocycles. The summed E-state index contributed by atoms with van der Waals surface area (Å²) in [5.74, 6) is 0.918. The molecule has 0 aromatic heterocycles. The maximum absolute atomic E-state index is 10.7. The van der Waals surface area contributed by atoms with Gasteiger partial charge in [-0.1, -0.05) is 5.57 Å². The second-order valence-electron chi connectivity index (χ2n) is 2.80. The van der Waals surface area contributed by atoms with E-state index in [1.165, 1.54) is 5.57 Å². The fraction of sp³-hybridized carbons (Fsp3) is 0.625. The van der Waals surface area contributed by atoms with Crippen molar-refractivity contribution in [2.75, 3.05) is 12.0 Å². The van der Waals surface area contributed by atoms with Crippen LogP contribution in [-0.4, -0.2) is 22.0 Å². The van der Waals surface area contributed by atoms with Crippen molar-refractivity contribution in [1.82, 2.24) is 0 Å². The number of hydrogen-bond acceptors (Lipinski definition) is 2. The third-order valence-corrected chi connectivity index (χ3v) is 2.55. The summed E-state index contributed by atoms with van der Waals surface area (Å²) >= 11 is 0. The predicted octanol–water partition coefficient (Wildman–Crippen LogP) is 1.04. The Morgan fingerprint density at radius 3 is 2.73 bits per heavy atom. The zero-order chi connectivity index (χ0) is 8.27. The summed E-state index contributed by atoms with van der Waals surface area (Å²) in [5.41, 5.74) is 1.17. The Morgan fingerprint density at radius 1 is 1.55 bits per heavy atom.